The van der Waals surface area contributed by atoms with Crippen LogP contribution in [0.3, 0.4) is 0 Å². The van der Waals surface area contributed by atoms with E-state index < -0.39 is 11.9 Å². The fourth-order valence-corrected chi connectivity index (χ4v) is 1.24. The van der Waals surface area contributed by atoms with Crippen LogP contribution in [0.1, 0.15) is 12.5 Å². The molecule has 0 spiro atoms. The summed E-state index contributed by atoms with van der Waals surface area (Å²) in [5.74, 6) is -0.319. The Bertz CT molecular complexity index is 373. The zero-order valence-electron chi connectivity index (χ0n) is 8.53. The molecule has 0 heterocycles. The highest BCUT2D eigenvalue weighted by Gasteiger charge is 2.12. The van der Waals surface area contributed by atoms with Crippen molar-refractivity contribution in [3.05, 3.63) is 29.6 Å². The van der Waals surface area contributed by atoms with E-state index in [1.165, 1.54) is 6.07 Å². The topological polar surface area (TPSA) is 59.0 Å². The van der Waals surface area contributed by atoms with Gasteiger partial charge in [-0.3, -0.25) is 0 Å². The molecule has 0 saturated heterocycles. The lowest BCUT2D eigenvalue weighted by Crippen LogP contribution is -2.12. The van der Waals surface area contributed by atoms with Gasteiger partial charge in [0.25, 0.3) is 0 Å². The maximum absolute atomic E-state index is 13.4. The third kappa shape index (κ3) is 2.93. The van der Waals surface area contributed by atoms with Crippen LogP contribution in [0.4, 0.5) is 4.39 Å². The fourth-order valence-electron chi connectivity index (χ4n) is 1.24. The lowest BCUT2D eigenvalue weighted by Gasteiger charge is -2.12. The number of benzene rings is 1. The average Bonchev–Trinajstić information content (AvgIpc) is 2.23. The summed E-state index contributed by atoms with van der Waals surface area (Å²) in [5.41, 5.74) is 6.09. The zero-order chi connectivity index (χ0) is 11.3. The first-order chi connectivity index (χ1) is 7.19. The minimum atomic E-state index is -0.668. The summed E-state index contributed by atoms with van der Waals surface area (Å²) in [6.07, 6.45) is -0.135. The molecule has 15 heavy (non-hydrogen) atoms. The van der Waals surface area contributed by atoms with Gasteiger partial charge in [0.1, 0.15) is 6.07 Å². The van der Waals surface area contributed by atoms with Crippen molar-refractivity contribution in [1.29, 1.82) is 5.26 Å². The highest BCUT2D eigenvalue weighted by molar-refractivity contribution is 5.35. The number of hydrogen-bond acceptors (Lipinski definition) is 3. The molecule has 0 radical (unpaired) electrons. The Kier molecular flexibility index (Phi) is 4.07. The van der Waals surface area contributed by atoms with E-state index in [1.54, 1.807) is 19.1 Å². The summed E-state index contributed by atoms with van der Waals surface area (Å²) in [4.78, 5) is 0. The molecule has 2 N–H and O–H groups in total. The molecule has 0 aromatic heterocycles. The molecule has 0 aliphatic rings. The van der Waals surface area contributed by atoms with Gasteiger partial charge >= 0.3 is 0 Å². The summed E-state index contributed by atoms with van der Waals surface area (Å²) in [5, 5.41) is 8.59. The molecule has 4 heteroatoms. The van der Waals surface area contributed by atoms with Crippen molar-refractivity contribution in [2.45, 2.75) is 19.4 Å². The van der Waals surface area contributed by atoms with E-state index in [2.05, 4.69) is 0 Å². The second-order valence-electron chi connectivity index (χ2n) is 3.16. The van der Waals surface area contributed by atoms with Gasteiger partial charge in [0.2, 0.25) is 0 Å². The third-order valence-corrected chi connectivity index (χ3v) is 1.94. The van der Waals surface area contributed by atoms with E-state index in [0.29, 0.717) is 18.5 Å². The van der Waals surface area contributed by atoms with E-state index in [9.17, 15) is 4.39 Å². The molecular weight excluding hydrogens is 195 g/mol. The van der Waals surface area contributed by atoms with Crippen molar-refractivity contribution in [3.63, 3.8) is 0 Å². The number of hydrogen-bond donors (Lipinski definition) is 1. The molecule has 3 nitrogen and oxygen atoms in total. The maximum Gasteiger partial charge on any atom is 0.181 e. The van der Waals surface area contributed by atoms with Crippen LogP contribution in [0, 0.1) is 17.1 Å². The Morgan fingerprint density at radius 3 is 2.93 bits per heavy atom. The van der Waals surface area contributed by atoms with Crippen LogP contribution in [0.5, 0.6) is 5.75 Å². The van der Waals surface area contributed by atoms with E-state index in [4.69, 9.17) is 15.7 Å². The highest BCUT2D eigenvalue weighted by Crippen LogP contribution is 2.23. The Balaban J connectivity index is 2.97. The van der Waals surface area contributed by atoms with Crippen molar-refractivity contribution >= 4 is 0 Å². The molecule has 1 aromatic rings. The van der Waals surface area contributed by atoms with Gasteiger partial charge in [-0.1, -0.05) is 12.1 Å². The predicted octanol–water partition coefficient (Wildman–Crippen LogP) is 1.62. The summed E-state index contributed by atoms with van der Waals surface area (Å²) in [6, 6.07) is 6.54. The fraction of sp³-hybridized carbons (Fsp3) is 0.364. The molecule has 1 unspecified atom stereocenters. The second-order valence-corrected chi connectivity index (χ2v) is 3.16. The van der Waals surface area contributed by atoms with Gasteiger partial charge < -0.3 is 10.5 Å². The van der Waals surface area contributed by atoms with Crippen LogP contribution in [0.25, 0.3) is 0 Å². The minimum Gasteiger partial charge on any atom is -0.473 e. The molecule has 1 aromatic carbocycles. The first-order valence-electron chi connectivity index (χ1n) is 4.72. The van der Waals surface area contributed by atoms with Crippen LogP contribution < -0.4 is 10.5 Å². The zero-order valence-corrected chi connectivity index (χ0v) is 8.53. The van der Waals surface area contributed by atoms with Crippen molar-refractivity contribution in [1.82, 2.24) is 0 Å². The summed E-state index contributed by atoms with van der Waals surface area (Å²) < 4.78 is 18.6. The Hall–Kier alpha value is -1.60. The normalized spacial score (nSPS) is 11.9. The number of nitrogens with zero attached hydrogens (tertiary/aromatic N) is 1. The number of nitrogens with two attached hydrogens (primary N) is 1. The van der Waals surface area contributed by atoms with Gasteiger partial charge in [0.05, 0.1) is 0 Å². The lowest BCUT2D eigenvalue weighted by molar-refractivity contribution is 0.260. The predicted molar refractivity (Wildman–Crippen MR) is 54.9 cm³/mol. The maximum atomic E-state index is 13.4. The average molecular weight is 208 g/mol. The standard InChI is InChI=1S/C11H13FN2O/c1-8(7-14)15-11-9(5-6-13)3-2-4-10(11)12/h2-4,8H,5-6,13H2,1H3. The van der Waals surface area contributed by atoms with Gasteiger partial charge in [0, 0.05) is 0 Å². The largest absolute Gasteiger partial charge is 0.473 e. The van der Waals surface area contributed by atoms with Gasteiger partial charge in [-0.2, -0.15) is 5.26 Å². The Labute approximate surface area is 88.3 Å². The lowest BCUT2D eigenvalue weighted by atomic mass is 10.1. The number of ether oxygens (including phenoxy) is 1. The number of halogens is 1. The van der Waals surface area contributed by atoms with Crippen LogP contribution >= 0.6 is 0 Å². The molecule has 0 saturated carbocycles. The molecule has 0 aliphatic heterocycles. The monoisotopic (exact) mass is 208 g/mol. The van der Waals surface area contributed by atoms with Crippen LogP contribution in [0.15, 0.2) is 18.2 Å². The second kappa shape index (κ2) is 5.32. The molecular formula is C11H13FN2O. The highest BCUT2D eigenvalue weighted by atomic mass is 19.1. The van der Waals surface area contributed by atoms with Gasteiger partial charge in [-0.05, 0) is 31.5 Å². The van der Waals surface area contributed by atoms with Crippen LogP contribution in [-0.4, -0.2) is 12.6 Å². The van der Waals surface area contributed by atoms with Crippen molar-refractivity contribution in [2.75, 3.05) is 6.54 Å². The molecule has 0 amide bonds. The number of para-hydroxylation sites is 1. The van der Waals surface area contributed by atoms with Crippen molar-refractivity contribution in [2.24, 2.45) is 5.73 Å². The van der Waals surface area contributed by atoms with Gasteiger partial charge in [-0.15, -0.1) is 0 Å². The molecule has 0 fully saturated rings. The third-order valence-electron chi connectivity index (χ3n) is 1.94. The molecule has 0 aliphatic carbocycles. The summed E-state index contributed by atoms with van der Waals surface area (Å²) >= 11 is 0. The Morgan fingerprint density at radius 2 is 2.33 bits per heavy atom. The molecule has 0 bridgehead atoms. The van der Waals surface area contributed by atoms with E-state index in [-0.39, 0.29) is 5.75 Å². The van der Waals surface area contributed by atoms with Gasteiger partial charge in [-0.25, -0.2) is 4.39 Å². The number of rotatable bonds is 4. The van der Waals surface area contributed by atoms with Crippen LogP contribution in [0.2, 0.25) is 0 Å². The van der Waals surface area contributed by atoms with E-state index in [1.807, 2.05) is 6.07 Å². The first kappa shape index (κ1) is 11.5. The summed E-state index contributed by atoms with van der Waals surface area (Å²) in [7, 11) is 0. The molecule has 1 rings (SSSR count). The van der Waals surface area contributed by atoms with Crippen LogP contribution in [-0.2, 0) is 6.42 Å². The quantitative estimate of drug-likeness (QED) is 0.817. The SMILES string of the molecule is CC(C#N)Oc1c(F)cccc1CCN. The van der Waals surface area contributed by atoms with Crippen molar-refractivity contribution in [3.8, 4) is 11.8 Å². The number of nitriles is 1. The summed E-state index contributed by atoms with van der Waals surface area (Å²) in [6.45, 7) is 1.99. The molecule has 80 valence electrons. The first-order valence-corrected chi connectivity index (χ1v) is 4.72. The molecule has 1 atom stereocenters. The minimum absolute atomic E-state index is 0.136. The van der Waals surface area contributed by atoms with E-state index in [0.717, 1.165) is 0 Å². The van der Waals surface area contributed by atoms with Gasteiger partial charge in [0.15, 0.2) is 17.7 Å². The van der Waals surface area contributed by atoms with Crippen molar-refractivity contribution < 1.29 is 9.13 Å². The smallest absolute Gasteiger partial charge is 0.181 e. The van der Waals surface area contributed by atoms with E-state index >= 15 is 0 Å². The Morgan fingerprint density at radius 1 is 1.60 bits per heavy atom.